The van der Waals surface area contributed by atoms with Crippen LogP contribution in [0, 0.1) is 5.82 Å². The van der Waals surface area contributed by atoms with Crippen LogP contribution in [0.2, 0.25) is 0 Å². The number of carbonyl (C=O) groups excluding carboxylic acids is 1. The Morgan fingerprint density at radius 1 is 1.30 bits per heavy atom. The number of methoxy groups -OCH3 is 1. The third-order valence-corrected chi connectivity index (χ3v) is 6.99. The van der Waals surface area contributed by atoms with Gasteiger partial charge >= 0.3 is 5.97 Å². The van der Waals surface area contributed by atoms with Gasteiger partial charge in [-0.1, -0.05) is 0 Å². The number of sulfonamides is 1. The largest absolute Gasteiger partial charge is 0.494 e. The zero-order valence-corrected chi connectivity index (χ0v) is 16.6. The first-order valence-corrected chi connectivity index (χ1v) is 10.9. The van der Waals surface area contributed by atoms with Crippen LogP contribution in [-0.4, -0.2) is 28.1 Å². The number of fused-ring (bicyclic) bond motifs is 1. The van der Waals surface area contributed by atoms with E-state index in [1.165, 1.54) is 18.4 Å². The van der Waals surface area contributed by atoms with Crippen LogP contribution in [-0.2, 0) is 27.6 Å². The van der Waals surface area contributed by atoms with Crippen LogP contribution in [0.15, 0.2) is 23.1 Å². The van der Waals surface area contributed by atoms with E-state index in [2.05, 4.69) is 4.72 Å². The normalized spacial score (nSPS) is 13.7. The van der Waals surface area contributed by atoms with Crippen LogP contribution < -0.4 is 9.46 Å². The summed E-state index contributed by atoms with van der Waals surface area (Å²) in [4.78, 5) is 13.3. The minimum atomic E-state index is -4.03. The molecule has 3 rings (SSSR count). The van der Waals surface area contributed by atoms with E-state index in [1.807, 2.05) is 0 Å². The van der Waals surface area contributed by atoms with Crippen molar-refractivity contribution in [1.29, 1.82) is 0 Å². The Balaban J connectivity index is 2.01. The summed E-state index contributed by atoms with van der Waals surface area (Å²) in [6.07, 6.45) is 3.46. The number of thiophene rings is 1. The predicted octanol–water partition coefficient (Wildman–Crippen LogP) is 3.75. The zero-order valence-electron chi connectivity index (χ0n) is 15.0. The number of anilines is 1. The predicted molar refractivity (Wildman–Crippen MR) is 101 cm³/mol. The van der Waals surface area contributed by atoms with E-state index >= 15 is 0 Å². The van der Waals surface area contributed by atoms with Gasteiger partial charge in [-0.15, -0.1) is 11.3 Å². The topological polar surface area (TPSA) is 81.7 Å². The summed E-state index contributed by atoms with van der Waals surface area (Å²) in [5.41, 5.74) is 1.15. The number of hydrogen-bond acceptors (Lipinski definition) is 6. The van der Waals surface area contributed by atoms with Gasteiger partial charge in [0.1, 0.15) is 5.00 Å². The first-order chi connectivity index (χ1) is 12.9. The van der Waals surface area contributed by atoms with Crippen LogP contribution in [0.1, 0.15) is 40.6 Å². The molecule has 2 aromatic rings. The second-order valence-electron chi connectivity index (χ2n) is 6.04. The number of esters is 1. The van der Waals surface area contributed by atoms with Crippen LogP contribution in [0.3, 0.4) is 0 Å². The molecule has 1 N–H and O–H groups in total. The standard InChI is InChI=1S/C18H20FNO5S2/c1-3-25-18(21)16-12-6-4-5-7-15(12)26-17(16)20-27(22,23)11-8-9-13(19)14(10-11)24-2/h8-10,20H,3-7H2,1-2H3. The summed E-state index contributed by atoms with van der Waals surface area (Å²) in [6, 6.07) is 3.28. The minimum Gasteiger partial charge on any atom is -0.494 e. The van der Waals surface area contributed by atoms with Crippen molar-refractivity contribution >= 4 is 32.3 Å². The maximum Gasteiger partial charge on any atom is 0.341 e. The lowest BCUT2D eigenvalue weighted by molar-refractivity contribution is 0.0526. The average molecular weight is 413 g/mol. The number of benzene rings is 1. The molecule has 0 spiro atoms. The van der Waals surface area contributed by atoms with Crippen LogP contribution in [0.25, 0.3) is 0 Å². The Kier molecular flexibility index (Phi) is 5.71. The Labute approximate surface area is 161 Å². The second-order valence-corrected chi connectivity index (χ2v) is 8.82. The number of rotatable bonds is 6. The molecule has 0 amide bonds. The molecule has 1 aromatic heterocycles. The summed E-state index contributed by atoms with van der Waals surface area (Å²) in [5, 5.41) is 0.239. The Morgan fingerprint density at radius 3 is 2.74 bits per heavy atom. The highest BCUT2D eigenvalue weighted by molar-refractivity contribution is 7.93. The van der Waals surface area contributed by atoms with Crippen LogP contribution >= 0.6 is 11.3 Å². The number of nitrogens with one attached hydrogen (secondary N) is 1. The Morgan fingerprint density at radius 2 is 2.04 bits per heavy atom. The number of halogens is 1. The second kappa shape index (κ2) is 7.85. The molecular weight excluding hydrogens is 393 g/mol. The summed E-state index contributed by atoms with van der Waals surface area (Å²) in [5.74, 6) is -1.37. The van der Waals surface area contributed by atoms with Crippen molar-refractivity contribution in [3.05, 3.63) is 40.0 Å². The van der Waals surface area contributed by atoms with Gasteiger partial charge in [-0.2, -0.15) is 0 Å². The fourth-order valence-electron chi connectivity index (χ4n) is 3.05. The molecule has 0 fully saturated rings. The summed E-state index contributed by atoms with van der Waals surface area (Å²) >= 11 is 1.25. The average Bonchev–Trinajstić information content (AvgIpc) is 2.99. The molecule has 1 aromatic carbocycles. The van der Waals surface area contributed by atoms with Crippen molar-refractivity contribution in [2.45, 2.75) is 37.5 Å². The Hall–Kier alpha value is -2.13. The molecule has 0 unspecified atom stereocenters. The van der Waals surface area contributed by atoms with E-state index in [-0.39, 0.29) is 27.8 Å². The fraction of sp³-hybridized carbons (Fsp3) is 0.389. The number of aryl methyl sites for hydroxylation is 1. The highest BCUT2D eigenvalue weighted by Crippen LogP contribution is 2.39. The van der Waals surface area contributed by atoms with E-state index in [9.17, 15) is 17.6 Å². The van der Waals surface area contributed by atoms with Crippen molar-refractivity contribution in [2.24, 2.45) is 0 Å². The molecule has 0 saturated carbocycles. The maximum absolute atomic E-state index is 13.6. The molecule has 1 aliphatic carbocycles. The van der Waals surface area contributed by atoms with Gasteiger partial charge in [-0.25, -0.2) is 17.6 Å². The zero-order chi connectivity index (χ0) is 19.6. The van der Waals surface area contributed by atoms with E-state index < -0.39 is 21.8 Å². The molecular formula is C18H20FNO5S2. The highest BCUT2D eigenvalue weighted by Gasteiger charge is 2.29. The number of ether oxygens (including phenoxy) is 2. The van der Waals surface area contributed by atoms with E-state index in [0.29, 0.717) is 6.42 Å². The van der Waals surface area contributed by atoms with Crippen molar-refractivity contribution < 1.29 is 27.1 Å². The molecule has 0 radical (unpaired) electrons. The molecule has 146 valence electrons. The van der Waals surface area contributed by atoms with Gasteiger partial charge < -0.3 is 9.47 Å². The first-order valence-electron chi connectivity index (χ1n) is 8.55. The molecule has 9 heteroatoms. The highest BCUT2D eigenvalue weighted by atomic mass is 32.2. The third kappa shape index (κ3) is 3.93. The number of carbonyl (C=O) groups is 1. The van der Waals surface area contributed by atoms with Crippen LogP contribution in [0.5, 0.6) is 5.75 Å². The molecule has 1 heterocycles. The maximum atomic E-state index is 13.6. The third-order valence-electron chi connectivity index (χ3n) is 4.31. The Bertz CT molecular complexity index is 968. The SMILES string of the molecule is CCOC(=O)c1c(NS(=O)(=O)c2ccc(F)c(OC)c2)sc2c1CCCC2. The molecule has 0 aliphatic heterocycles. The van der Waals surface area contributed by atoms with Crippen molar-refractivity contribution in [3.63, 3.8) is 0 Å². The van der Waals surface area contributed by atoms with E-state index in [4.69, 9.17) is 9.47 Å². The van der Waals surface area contributed by atoms with E-state index in [1.54, 1.807) is 6.92 Å². The van der Waals surface area contributed by atoms with Gasteiger partial charge in [0, 0.05) is 10.9 Å². The van der Waals surface area contributed by atoms with Crippen molar-refractivity contribution in [3.8, 4) is 5.75 Å². The van der Waals surface area contributed by atoms with Gasteiger partial charge in [0.25, 0.3) is 10.0 Å². The monoisotopic (exact) mass is 413 g/mol. The molecule has 27 heavy (non-hydrogen) atoms. The van der Waals surface area contributed by atoms with E-state index in [0.717, 1.165) is 47.9 Å². The van der Waals surface area contributed by atoms with Gasteiger partial charge in [-0.05, 0) is 50.3 Å². The van der Waals surface area contributed by atoms with Gasteiger partial charge in [0.15, 0.2) is 11.6 Å². The molecule has 0 bridgehead atoms. The van der Waals surface area contributed by atoms with Crippen molar-refractivity contribution in [2.75, 3.05) is 18.4 Å². The molecule has 0 atom stereocenters. The van der Waals surface area contributed by atoms with Gasteiger partial charge in [-0.3, -0.25) is 4.72 Å². The quantitative estimate of drug-likeness (QED) is 0.730. The van der Waals surface area contributed by atoms with Gasteiger partial charge in [0.05, 0.1) is 24.2 Å². The lowest BCUT2D eigenvalue weighted by Crippen LogP contribution is -2.16. The summed E-state index contributed by atoms with van der Waals surface area (Å²) in [6.45, 7) is 1.90. The molecule has 1 aliphatic rings. The van der Waals surface area contributed by atoms with Crippen LogP contribution in [0.4, 0.5) is 9.39 Å². The van der Waals surface area contributed by atoms with Crippen molar-refractivity contribution in [1.82, 2.24) is 0 Å². The minimum absolute atomic E-state index is 0.151. The summed E-state index contributed by atoms with van der Waals surface area (Å²) in [7, 11) is -2.77. The lowest BCUT2D eigenvalue weighted by atomic mass is 9.95. The molecule has 0 saturated heterocycles. The lowest BCUT2D eigenvalue weighted by Gasteiger charge is -2.13. The molecule has 6 nitrogen and oxygen atoms in total. The fourth-order valence-corrected chi connectivity index (χ4v) is 5.64. The van der Waals surface area contributed by atoms with Gasteiger partial charge in [0.2, 0.25) is 0 Å². The summed E-state index contributed by atoms with van der Waals surface area (Å²) < 4.78 is 51.6. The first kappa shape index (κ1) is 19.6. The smallest absolute Gasteiger partial charge is 0.341 e. The number of hydrogen-bond donors (Lipinski definition) is 1.